The lowest BCUT2D eigenvalue weighted by Gasteiger charge is -2.14. The van der Waals surface area contributed by atoms with Crippen molar-refractivity contribution in [3.8, 4) is 11.1 Å². The summed E-state index contributed by atoms with van der Waals surface area (Å²) in [6.45, 7) is 0.173. The fourth-order valence-corrected chi connectivity index (χ4v) is 2.95. The molecule has 0 spiro atoms. The van der Waals surface area contributed by atoms with Crippen molar-refractivity contribution in [2.24, 2.45) is 0 Å². The molecule has 2 aromatic rings. The van der Waals surface area contributed by atoms with E-state index < -0.39 is 12.1 Å². The number of aromatic carboxylic acids is 1. The first kappa shape index (κ1) is 14.1. The lowest BCUT2D eigenvalue weighted by atomic mass is 9.96. The van der Waals surface area contributed by atoms with Gasteiger partial charge in [0.1, 0.15) is 6.61 Å². The van der Waals surface area contributed by atoms with Crippen LogP contribution in [0.1, 0.15) is 27.4 Å². The van der Waals surface area contributed by atoms with Crippen LogP contribution in [0, 0.1) is 0 Å². The van der Waals surface area contributed by atoms with Gasteiger partial charge in [-0.3, -0.25) is 0 Å². The first-order valence-electron chi connectivity index (χ1n) is 6.93. The number of rotatable bonds is 3. The molecule has 1 unspecified atom stereocenters. The quantitative estimate of drug-likeness (QED) is 0.913. The Morgan fingerprint density at radius 1 is 1.14 bits per heavy atom. The molecule has 1 aliphatic carbocycles. The van der Waals surface area contributed by atoms with E-state index in [1.54, 1.807) is 12.1 Å². The Balaban J connectivity index is 2.10. The third-order valence-corrected chi connectivity index (χ3v) is 3.89. The molecule has 1 amide bonds. The SMILES string of the molecule is CNC(=O)OCC1c2ccccc2-c2c(C(=O)O)cccc21. The molecule has 22 heavy (non-hydrogen) atoms. The van der Waals surface area contributed by atoms with Gasteiger partial charge in [-0.1, -0.05) is 36.4 Å². The van der Waals surface area contributed by atoms with E-state index in [9.17, 15) is 14.7 Å². The van der Waals surface area contributed by atoms with Gasteiger partial charge in [0.2, 0.25) is 0 Å². The summed E-state index contributed by atoms with van der Waals surface area (Å²) in [5.41, 5.74) is 3.74. The van der Waals surface area contributed by atoms with Gasteiger partial charge in [0.25, 0.3) is 0 Å². The fourth-order valence-electron chi connectivity index (χ4n) is 2.95. The zero-order valence-electron chi connectivity index (χ0n) is 12.0. The molecule has 1 aliphatic rings. The number of carbonyl (C=O) groups is 2. The molecule has 5 heteroatoms. The average molecular weight is 297 g/mol. The van der Waals surface area contributed by atoms with Crippen LogP contribution in [0.2, 0.25) is 0 Å². The number of amides is 1. The lowest BCUT2D eigenvalue weighted by molar-refractivity contribution is 0.0697. The Bertz CT molecular complexity index is 754. The van der Waals surface area contributed by atoms with Gasteiger partial charge in [0, 0.05) is 18.5 Å². The number of benzene rings is 2. The van der Waals surface area contributed by atoms with Crippen LogP contribution < -0.4 is 5.32 Å². The van der Waals surface area contributed by atoms with Gasteiger partial charge in [-0.15, -0.1) is 0 Å². The molecule has 0 fully saturated rings. The summed E-state index contributed by atoms with van der Waals surface area (Å²) < 4.78 is 5.19. The number of carboxylic acids is 1. The third-order valence-electron chi connectivity index (χ3n) is 3.89. The highest BCUT2D eigenvalue weighted by Crippen LogP contribution is 2.46. The standard InChI is InChI=1S/C17H15NO4/c1-18-17(21)22-9-14-10-5-2-3-6-11(10)15-12(14)7-4-8-13(15)16(19)20/h2-8,14H,9H2,1H3,(H,18,21)(H,19,20). The van der Waals surface area contributed by atoms with Crippen LogP contribution in [0.3, 0.4) is 0 Å². The molecule has 0 saturated heterocycles. The molecule has 3 rings (SSSR count). The topological polar surface area (TPSA) is 75.6 Å². The molecule has 0 aliphatic heterocycles. The van der Waals surface area contributed by atoms with Crippen molar-refractivity contribution in [1.29, 1.82) is 0 Å². The van der Waals surface area contributed by atoms with Crippen molar-refractivity contribution >= 4 is 12.1 Å². The first-order chi connectivity index (χ1) is 10.6. The number of carbonyl (C=O) groups excluding carboxylic acids is 1. The largest absolute Gasteiger partial charge is 0.478 e. The predicted molar refractivity (Wildman–Crippen MR) is 81.1 cm³/mol. The highest BCUT2D eigenvalue weighted by atomic mass is 16.5. The highest BCUT2D eigenvalue weighted by molar-refractivity contribution is 5.99. The number of ether oxygens (including phenoxy) is 1. The normalized spacial score (nSPS) is 14.9. The van der Waals surface area contributed by atoms with Crippen LogP contribution in [0.25, 0.3) is 11.1 Å². The molecule has 112 valence electrons. The molecule has 2 N–H and O–H groups in total. The van der Waals surface area contributed by atoms with E-state index in [0.717, 1.165) is 22.3 Å². The Kier molecular flexibility index (Phi) is 3.55. The molecule has 0 bridgehead atoms. The van der Waals surface area contributed by atoms with Crippen molar-refractivity contribution in [1.82, 2.24) is 5.32 Å². The van der Waals surface area contributed by atoms with E-state index in [4.69, 9.17) is 4.74 Å². The Morgan fingerprint density at radius 2 is 1.86 bits per heavy atom. The molecule has 0 heterocycles. The van der Waals surface area contributed by atoms with Crippen LogP contribution >= 0.6 is 0 Å². The van der Waals surface area contributed by atoms with E-state index in [0.29, 0.717) is 0 Å². The molecular weight excluding hydrogens is 282 g/mol. The highest BCUT2D eigenvalue weighted by Gasteiger charge is 2.32. The van der Waals surface area contributed by atoms with Crippen LogP contribution in [0.4, 0.5) is 4.79 Å². The summed E-state index contributed by atoms with van der Waals surface area (Å²) in [4.78, 5) is 22.8. The van der Waals surface area contributed by atoms with Gasteiger partial charge >= 0.3 is 12.1 Å². The molecule has 1 atom stereocenters. The molecule has 0 radical (unpaired) electrons. The second-order valence-corrected chi connectivity index (χ2v) is 5.06. The summed E-state index contributed by atoms with van der Waals surface area (Å²) in [7, 11) is 1.50. The maximum Gasteiger partial charge on any atom is 0.406 e. The van der Waals surface area contributed by atoms with E-state index >= 15 is 0 Å². The second kappa shape index (κ2) is 5.52. The minimum atomic E-state index is -0.959. The number of hydrogen-bond acceptors (Lipinski definition) is 3. The smallest absolute Gasteiger partial charge is 0.406 e. The first-order valence-corrected chi connectivity index (χ1v) is 6.93. The van der Waals surface area contributed by atoms with E-state index in [2.05, 4.69) is 5.32 Å². The number of nitrogens with one attached hydrogen (secondary N) is 1. The molecule has 5 nitrogen and oxygen atoms in total. The Hall–Kier alpha value is -2.82. The number of carboxylic acid groups (broad SMARTS) is 1. The molecule has 0 saturated carbocycles. The van der Waals surface area contributed by atoms with Gasteiger partial charge in [-0.25, -0.2) is 9.59 Å². The van der Waals surface area contributed by atoms with E-state index in [1.807, 2.05) is 30.3 Å². The van der Waals surface area contributed by atoms with Gasteiger partial charge in [-0.2, -0.15) is 0 Å². The fraction of sp³-hybridized carbons (Fsp3) is 0.176. The monoisotopic (exact) mass is 297 g/mol. The van der Waals surface area contributed by atoms with Crippen LogP contribution in [0.5, 0.6) is 0 Å². The average Bonchev–Trinajstić information content (AvgIpc) is 2.86. The molecular formula is C17H15NO4. The summed E-state index contributed by atoms with van der Waals surface area (Å²) >= 11 is 0. The zero-order valence-corrected chi connectivity index (χ0v) is 12.0. The van der Waals surface area contributed by atoms with E-state index in [-0.39, 0.29) is 18.1 Å². The Labute approximate surface area is 127 Å². The van der Waals surface area contributed by atoms with Crippen molar-refractivity contribution in [2.75, 3.05) is 13.7 Å². The second-order valence-electron chi connectivity index (χ2n) is 5.06. The molecule has 2 aromatic carbocycles. The minimum absolute atomic E-state index is 0.150. The van der Waals surface area contributed by atoms with E-state index in [1.165, 1.54) is 7.05 Å². The lowest BCUT2D eigenvalue weighted by Crippen LogP contribution is -2.22. The van der Waals surface area contributed by atoms with Crippen molar-refractivity contribution in [3.05, 3.63) is 59.2 Å². The Morgan fingerprint density at radius 3 is 2.59 bits per heavy atom. The maximum atomic E-state index is 11.5. The summed E-state index contributed by atoms with van der Waals surface area (Å²) in [6.07, 6.45) is -0.500. The van der Waals surface area contributed by atoms with Gasteiger partial charge < -0.3 is 15.2 Å². The minimum Gasteiger partial charge on any atom is -0.478 e. The van der Waals surface area contributed by atoms with Crippen LogP contribution in [-0.2, 0) is 4.74 Å². The van der Waals surface area contributed by atoms with Crippen LogP contribution in [-0.4, -0.2) is 30.8 Å². The van der Waals surface area contributed by atoms with Gasteiger partial charge in [0.15, 0.2) is 0 Å². The number of fused-ring (bicyclic) bond motifs is 3. The van der Waals surface area contributed by atoms with Crippen molar-refractivity contribution < 1.29 is 19.4 Å². The summed E-state index contributed by atoms with van der Waals surface area (Å²) in [6, 6.07) is 12.8. The molecule has 0 aromatic heterocycles. The third kappa shape index (κ3) is 2.20. The zero-order chi connectivity index (χ0) is 15.7. The predicted octanol–water partition coefficient (Wildman–Crippen LogP) is 2.85. The maximum absolute atomic E-state index is 11.5. The van der Waals surface area contributed by atoms with Crippen LogP contribution in [0.15, 0.2) is 42.5 Å². The van der Waals surface area contributed by atoms with Crippen molar-refractivity contribution in [2.45, 2.75) is 5.92 Å². The van der Waals surface area contributed by atoms with Crippen molar-refractivity contribution in [3.63, 3.8) is 0 Å². The summed E-state index contributed by atoms with van der Waals surface area (Å²) in [5, 5.41) is 11.8. The van der Waals surface area contributed by atoms with Gasteiger partial charge in [0.05, 0.1) is 5.56 Å². The van der Waals surface area contributed by atoms with Gasteiger partial charge in [-0.05, 0) is 22.8 Å². The summed E-state index contributed by atoms with van der Waals surface area (Å²) in [5.74, 6) is -1.11. The number of alkyl carbamates (subject to hydrolysis) is 1. The number of hydrogen-bond donors (Lipinski definition) is 2.